The Morgan fingerprint density at radius 1 is 0.690 bits per heavy atom. The van der Waals surface area contributed by atoms with Gasteiger partial charge in [-0.3, -0.25) is 0 Å². The number of benzene rings is 3. The molecule has 2 heteroatoms. The standard InChI is InChI=1S/C27H33OP/c1-18-16-24(22(27(5,6)7)17-21(18)26(2,3)4)28-23-15-11-14-20(25(23)29)19-12-9-8-10-13-19/h8-17H,29H2,1-7H3. The van der Waals surface area contributed by atoms with Gasteiger partial charge in [-0.05, 0) is 52.1 Å². The minimum absolute atomic E-state index is 0.0128. The minimum atomic E-state index is -0.0128. The van der Waals surface area contributed by atoms with Crippen LogP contribution in [0.5, 0.6) is 11.5 Å². The Kier molecular flexibility index (Phi) is 5.93. The first-order valence-corrected chi connectivity index (χ1v) is 10.8. The van der Waals surface area contributed by atoms with Crippen molar-refractivity contribution in [1.29, 1.82) is 0 Å². The van der Waals surface area contributed by atoms with Crippen molar-refractivity contribution in [3.05, 3.63) is 77.4 Å². The Morgan fingerprint density at radius 2 is 1.31 bits per heavy atom. The van der Waals surface area contributed by atoms with Crippen molar-refractivity contribution in [3.8, 4) is 22.6 Å². The number of hydrogen-bond acceptors (Lipinski definition) is 1. The van der Waals surface area contributed by atoms with Crippen LogP contribution in [0.1, 0.15) is 58.2 Å². The molecule has 152 valence electrons. The summed E-state index contributed by atoms with van der Waals surface area (Å²) >= 11 is 0. The molecule has 0 heterocycles. The van der Waals surface area contributed by atoms with Crippen LogP contribution in [-0.4, -0.2) is 0 Å². The molecule has 0 bridgehead atoms. The summed E-state index contributed by atoms with van der Waals surface area (Å²) in [5.41, 5.74) is 6.33. The third-order valence-corrected chi connectivity index (χ3v) is 5.91. The van der Waals surface area contributed by atoms with Crippen molar-refractivity contribution >= 4 is 14.5 Å². The molecule has 3 aromatic rings. The Hall–Kier alpha value is -2.11. The third kappa shape index (κ3) is 4.73. The van der Waals surface area contributed by atoms with Gasteiger partial charge in [-0.1, -0.05) is 90.1 Å². The second-order valence-corrected chi connectivity index (χ2v) is 10.4. The summed E-state index contributed by atoms with van der Waals surface area (Å²) in [5, 5.41) is 1.08. The zero-order valence-electron chi connectivity index (χ0n) is 18.8. The topological polar surface area (TPSA) is 9.23 Å². The van der Waals surface area contributed by atoms with E-state index in [9.17, 15) is 0 Å². The fourth-order valence-corrected chi connectivity index (χ4v) is 4.20. The molecular formula is C27H33OP. The molecule has 29 heavy (non-hydrogen) atoms. The maximum atomic E-state index is 6.56. The summed E-state index contributed by atoms with van der Waals surface area (Å²) in [6.07, 6.45) is 0. The minimum Gasteiger partial charge on any atom is -0.456 e. The summed E-state index contributed by atoms with van der Waals surface area (Å²) in [6.45, 7) is 15.7. The molecule has 0 spiro atoms. The molecule has 0 radical (unpaired) electrons. The molecule has 0 amide bonds. The van der Waals surface area contributed by atoms with E-state index in [1.807, 2.05) is 12.1 Å². The van der Waals surface area contributed by atoms with Gasteiger partial charge in [0, 0.05) is 10.9 Å². The van der Waals surface area contributed by atoms with Gasteiger partial charge in [0.2, 0.25) is 0 Å². The van der Waals surface area contributed by atoms with E-state index in [-0.39, 0.29) is 10.8 Å². The quantitative estimate of drug-likeness (QED) is 0.410. The van der Waals surface area contributed by atoms with Crippen LogP contribution >= 0.6 is 9.24 Å². The van der Waals surface area contributed by atoms with Gasteiger partial charge in [-0.2, -0.15) is 0 Å². The Morgan fingerprint density at radius 3 is 1.90 bits per heavy atom. The maximum Gasteiger partial charge on any atom is 0.135 e. The molecule has 0 aliphatic carbocycles. The number of aryl methyl sites for hydroxylation is 1. The smallest absolute Gasteiger partial charge is 0.135 e. The molecule has 0 aliphatic rings. The van der Waals surface area contributed by atoms with E-state index in [1.165, 1.54) is 27.8 Å². The fourth-order valence-electron chi connectivity index (χ4n) is 3.78. The highest BCUT2D eigenvalue weighted by molar-refractivity contribution is 7.28. The second-order valence-electron chi connectivity index (χ2n) is 9.85. The van der Waals surface area contributed by atoms with Gasteiger partial charge >= 0.3 is 0 Å². The van der Waals surface area contributed by atoms with Crippen LogP contribution in [0.2, 0.25) is 0 Å². The van der Waals surface area contributed by atoms with Gasteiger partial charge in [-0.25, -0.2) is 0 Å². The first-order chi connectivity index (χ1) is 13.5. The molecule has 0 aliphatic heterocycles. The molecule has 0 fully saturated rings. The van der Waals surface area contributed by atoms with Gasteiger partial charge in [0.15, 0.2) is 0 Å². The third-order valence-electron chi connectivity index (χ3n) is 5.31. The lowest BCUT2D eigenvalue weighted by molar-refractivity contribution is 0.455. The van der Waals surface area contributed by atoms with Crippen LogP contribution in [0.4, 0.5) is 0 Å². The Balaban J connectivity index is 2.10. The number of ether oxygens (including phenoxy) is 1. The maximum absolute atomic E-state index is 6.56. The highest BCUT2D eigenvalue weighted by Gasteiger charge is 2.25. The van der Waals surface area contributed by atoms with Crippen molar-refractivity contribution in [2.45, 2.75) is 59.3 Å². The van der Waals surface area contributed by atoms with Crippen LogP contribution in [0.3, 0.4) is 0 Å². The van der Waals surface area contributed by atoms with E-state index in [4.69, 9.17) is 4.74 Å². The van der Waals surface area contributed by atoms with E-state index in [0.29, 0.717) is 0 Å². The fraction of sp³-hybridized carbons (Fsp3) is 0.333. The molecule has 0 saturated heterocycles. The monoisotopic (exact) mass is 404 g/mol. The number of rotatable bonds is 3. The van der Waals surface area contributed by atoms with Crippen molar-refractivity contribution in [1.82, 2.24) is 0 Å². The Labute approximate surface area is 178 Å². The SMILES string of the molecule is Cc1cc(Oc2cccc(-c3ccccc3)c2P)c(C(C)(C)C)cc1C(C)(C)C. The average molecular weight is 405 g/mol. The lowest BCUT2D eigenvalue weighted by Gasteiger charge is -2.29. The van der Waals surface area contributed by atoms with Crippen LogP contribution < -0.4 is 10.0 Å². The molecule has 0 saturated carbocycles. The van der Waals surface area contributed by atoms with Crippen molar-refractivity contribution in [3.63, 3.8) is 0 Å². The first-order valence-electron chi connectivity index (χ1n) is 10.3. The first kappa shape index (κ1) is 21.6. The summed E-state index contributed by atoms with van der Waals surface area (Å²) in [6, 6.07) is 21.3. The Bertz CT molecular complexity index is 1010. The largest absolute Gasteiger partial charge is 0.456 e. The second kappa shape index (κ2) is 7.96. The molecule has 1 nitrogen and oxygen atoms in total. The van der Waals surface area contributed by atoms with Crippen LogP contribution in [0.25, 0.3) is 11.1 Å². The summed E-state index contributed by atoms with van der Waals surface area (Å²) in [4.78, 5) is 0. The molecule has 3 rings (SSSR count). The predicted molar refractivity (Wildman–Crippen MR) is 130 cm³/mol. The van der Waals surface area contributed by atoms with Crippen LogP contribution in [-0.2, 0) is 10.8 Å². The zero-order chi connectivity index (χ0) is 21.4. The highest BCUT2D eigenvalue weighted by Crippen LogP contribution is 2.39. The summed E-state index contributed by atoms with van der Waals surface area (Å²) in [7, 11) is 2.88. The van der Waals surface area contributed by atoms with E-state index in [2.05, 4.69) is 106 Å². The zero-order valence-corrected chi connectivity index (χ0v) is 19.9. The normalized spacial score (nSPS) is 12.1. The van der Waals surface area contributed by atoms with E-state index >= 15 is 0 Å². The van der Waals surface area contributed by atoms with Gasteiger partial charge in [0.05, 0.1) is 0 Å². The molecule has 0 aromatic heterocycles. The molecule has 0 N–H and O–H groups in total. The van der Waals surface area contributed by atoms with Gasteiger partial charge < -0.3 is 4.74 Å². The van der Waals surface area contributed by atoms with E-state index in [0.717, 1.165) is 16.8 Å². The molecule has 3 aromatic carbocycles. The van der Waals surface area contributed by atoms with Crippen LogP contribution in [0, 0.1) is 6.92 Å². The summed E-state index contributed by atoms with van der Waals surface area (Å²) < 4.78 is 6.56. The highest BCUT2D eigenvalue weighted by atomic mass is 31.0. The van der Waals surface area contributed by atoms with Crippen molar-refractivity contribution in [2.75, 3.05) is 0 Å². The van der Waals surface area contributed by atoms with Crippen LogP contribution in [0.15, 0.2) is 60.7 Å². The van der Waals surface area contributed by atoms with E-state index < -0.39 is 0 Å². The summed E-state index contributed by atoms with van der Waals surface area (Å²) in [5.74, 6) is 1.82. The molecular weight excluding hydrogens is 371 g/mol. The number of hydrogen-bond donors (Lipinski definition) is 0. The van der Waals surface area contributed by atoms with Gasteiger partial charge in [0.1, 0.15) is 11.5 Å². The average Bonchev–Trinajstić information content (AvgIpc) is 2.62. The van der Waals surface area contributed by atoms with E-state index in [1.54, 1.807) is 0 Å². The van der Waals surface area contributed by atoms with Crippen molar-refractivity contribution < 1.29 is 4.74 Å². The van der Waals surface area contributed by atoms with Gasteiger partial charge in [0.25, 0.3) is 0 Å². The van der Waals surface area contributed by atoms with Crippen molar-refractivity contribution in [2.24, 2.45) is 0 Å². The lowest BCUT2D eigenvalue weighted by atomic mass is 9.78. The predicted octanol–water partition coefficient (Wildman–Crippen LogP) is 7.55. The van der Waals surface area contributed by atoms with Gasteiger partial charge in [-0.15, -0.1) is 9.24 Å². The lowest BCUT2D eigenvalue weighted by Crippen LogP contribution is -2.19. The molecule has 1 atom stereocenters. The molecule has 1 unspecified atom stereocenters.